The monoisotopic (exact) mass is 434 g/mol. The molecule has 1 saturated heterocycles. The van der Waals surface area contributed by atoms with Crippen molar-refractivity contribution in [2.75, 3.05) is 11.9 Å². The van der Waals surface area contributed by atoms with Crippen molar-refractivity contribution in [1.29, 1.82) is 0 Å². The van der Waals surface area contributed by atoms with Gasteiger partial charge in [-0.25, -0.2) is 9.48 Å². The van der Waals surface area contributed by atoms with Crippen molar-refractivity contribution in [1.82, 2.24) is 14.7 Å². The van der Waals surface area contributed by atoms with Gasteiger partial charge in [-0.3, -0.25) is 4.79 Å². The van der Waals surface area contributed by atoms with Gasteiger partial charge in [0, 0.05) is 18.3 Å². The molecule has 2 aromatic rings. The fraction of sp³-hybridized carbons (Fsp3) is 0.350. The van der Waals surface area contributed by atoms with Crippen LogP contribution in [0.5, 0.6) is 0 Å². The molecule has 3 heterocycles. The number of allylic oxidation sites excluding steroid dienone is 1. The van der Waals surface area contributed by atoms with Crippen molar-refractivity contribution in [3.63, 3.8) is 0 Å². The van der Waals surface area contributed by atoms with Crippen molar-refractivity contribution >= 4 is 40.9 Å². The first-order valence-electron chi connectivity index (χ1n) is 9.38. The van der Waals surface area contributed by atoms with E-state index in [1.54, 1.807) is 29.1 Å². The van der Waals surface area contributed by atoms with E-state index in [1.165, 1.54) is 4.90 Å². The fourth-order valence-corrected chi connectivity index (χ4v) is 4.37. The lowest BCUT2D eigenvalue weighted by molar-refractivity contribution is -0.150. The molecule has 0 saturated carbocycles. The summed E-state index contributed by atoms with van der Waals surface area (Å²) in [5, 5.41) is 18.0. The highest BCUT2D eigenvalue weighted by Gasteiger charge is 2.39. The van der Waals surface area contributed by atoms with Crippen molar-refractivity contribution in [3.8, 4) is 0 Å². The molecule has 0 spiro atoms. The van der Waals surface area contributed by atoms with E-state index >= 15 is 0 Å². The molecule has 7 nitrogen and oxygen atoms in total. The Balaban J connectivity index is 1.81. The lowest BCUT2D eigenvalue weighted by Crippen LogP contribution is -2.50. The van der Waals surface area contributed by atoms with Gasteiger partial charge in [0.15, 0.2) is 0 Å². The average molecular weight is 435 g/mol. The summed E-state index contributed by atoms with van der Waals surface area (Å²) < 4.78 is 1.71. The van der Waals surface area contributed by atoms with Crippen LogP contribution < -0.4 is 5.32 Å². The molecule has 1 aromatic heterocycles. The van der Waals surface area contributed by atoms with Crippen LogP contribution in [0.4, 0.5) is 5.82 Å². The predicted octanol–water partition coefficient (Wildman–Crippen LogP) is 3.94. The molecule has 2 N–H and O–H groups in total. The van der Waals surface area contributed by atoms with Gasteiger partial charge in [-0.1, -0.05) is 29.3 Å². The van der Waals surface area contributed by atoms with Crippen LogP contribution in [-0.2, 0) is 9.59 Å². The number of rotatable bonds is 3. The summed E-state index contributed by atoms with van der Waals surface area (Å²) in [6.07, 6.45) is 3.66. The second-order valence-corrected chi connectivity index (χ2v) is 8.06. The molecule has 1 aromatic carbocycles. The predicted molar refractivity (Wildman–Crippen MR) is 110 cm³/mol. The minimum atomic E-state index is -0.981. The molecule has 0 radical (unpaired) electrons. The Morgan fingerprint density at radius 2 is 2.00 bits per heavy atom. The summed E-state index contributed by atoms with van der Waals surface area (Å²) in [5.74, 6) is -0.547. The molecule has 2 atom stereocenters. The number of anilines is 1. The third kappa shape index (κ3) is 3.49. The first kappa shape index (κ1) is 19.8. The number of nitrogens with one attached hydrogen (secondary N) is 1. The van der Waals surface area contributed by atoms with Crippen LogP contribution in [0, 0.1) is 0 Å². The van der Waals surface area contributed by atoms with Crippen LogP contribution in [-0.4, -0.2) is 44.3 Å². The summed E-state index contributed by atoms with van der Waals surface area (Å²) in [6.45, 7) is 2.22. The molecule has 29 heavy (non-hydrogen) atoms. The first-order valence-corrected chi connectivity index (χ1v) is 10.1. The van der Waals surface area contributed by atoms with Gasteiger partial charge >= 0.3 is 5.97 Å². The number of benzene rings is 1. The van der Waals surface area contributed by atoms with Gasteiger partial charge in [-0.15, -0.1) is 0 Å². The van der Waals surface area contributed by atoms with E-state index in [2.05, 4.69) is 10.4 Å². The highest BCUT2D eigenvalue weighted by atomic mass is 35.5. The second kappa shape index (κ2) is 7.72. The molecule has 0 bridgehead atoms. The van der Waals surface area contributed by atoms with Crippen LogP contribution in [0.25, 0.3) is 0 Å². The van der Waals surface area contributed by atoms with E-state index in [0.29, 0.717) is 34.3 Å². The average Bonchev–Trinajstić information content (AvgIpc) is 3.16. The quantitative estimate of drug-likeness (QED) is 0.763. The van der Waals surface area contributed by atoms with Gasteiger partial charge in [0.1, 0.15) is 17.9 Å². The molecule has 1 fully saturated rings. The highest BCUT2D eigenvalue weighted by molar-refractivity contribution is 6.42. The Morgan fingerprint density at radius 1 is 1.21 bits per heavy atom. The Kier molecular flexibility index (Phi) is 5.27. The Hall–Kier alpha value is -2.51. The maximum absolute atomic E-state index is 13.6. The van der Waals surface area contributed by atoms with Crippen molar-refractivity contribution in [2.45, 2.75) is 38.3 Å². The number of hydrogen-bond acceptors (Lipinski definition) is 4. The number of aliphatic carboxylic acids is 1. The summed E-state index contributed by atoms with van der Waals surface area (Å²) in [4.78, 5) is 26.8. The molecule has 152 valence electrons. The standard InChI is InChI=1S/C20H20Cl2N4O3/c1-11-17(19(27)25-9-3-2-4-15(25)20(28)29)18(26-16(24-11)7-8-23-26)12-5-6-13(21)14(22)10-12/h5-8,10,15,18,24H,2-4,9H2,1H3,(H,28,29). The van der Waals surface area contributed by atoms with Gasteiger partial charge in [-0.05, 0) is 43.9 Å². The first-order chi connectivity index (χ1) is 13.9. The van der Waals surface area contributed by atoms with Gasteiger partial charge in [0.05, 0.1) is 21.8 Å². The molecular formula is C20H20Cl2N4O3. The minimum Gasteiger partial charge on any atom is -0.480 e. The Morgan fingerprint density at radius 3 is 2.72 bits per heavy atom. The molecule has 4 rings (SSSR count). The number of amides is 1. The normalized spacial score (nSPS) is 21.6. The Bertz CT molecular complexity index is 1020. The number of piperidine rings is 1. The minimum absolute atomic E-state index is 0.306. The van der Waals surface area contributed by atoms with Crippen LogP contribution in [0.1, 0.15) is 37.8 Å². The number of halogens is 2. The smallest absolute Gasteiger partial charge is 0.326 e. The largest absolute Gasteiger partial charge is 0.480 e. The summed E-state index contributed by atoms with van der Waals surface area (Å²) in [6, 6.07) is 5.65. The van der Waals surface area contributed by atoms with Gasteiger partial charge in [0.2, 0.25) is 0 Å². The number of carboxylic acids is 1. The number of nitrogens with zero attached hydrogens (tertiary/aromatic N) is 3. The summed E-state index contributed by atoms with van der Waals surface area (Å²) in [5.41, 5.74) is 1.86. The van der Waals surface area contributed by atoms with Crippen LogP contribution in [0.15, 0.2) is 41.7 Å². The SMILES string of the molecule is CC1=C(C(=O)N2CCCCC2C(=O)O)C(c2ccc(Cl)c(Cl)c2)n2nccc2N1. The number of carbonyl (C=O) groups is 2. The topological polar surface area (TPSA) is 87.5 Å². The van der Waals surface area contributed by atoms with Crippen LogP contribution in [0.2, 0.25) is 10.0 Å². The summed E-state index contributed by atoms with van der Waals surface area (Å²) >= 11 is 12.3. The lowest BCUT2D eigenvalue weighted by atomic mass is 9.92. The van der Waals surface area contributed by atoms with Crippen molar-refractivity contribution in [2.24, 2.45) is 0 Å². The Labute approximate surface area is 177 Å². The van der Waals surface area contributed by atoms with Gasteiger partial charge in [0.25, 0.3) is 5.91 Å². The number of carbonyl (C=O) groups excluding carboxylic acids is 1. The highest BCUT2D eigenvalue weighted by Crippen LogP contribution is 2.39. The zero-order chi connectivity index (χ0) is 20.7. The lowest BCUT2D eigenvalue weighted by Gasteiger charge is -2.37. The number of aromatic nitrogens is 2. The zero-order valence-corrected chi connectivity index (χ0v) is 17.2. The van der Waals surface area contributed by atoms with E-state index in [4.69, 9.17) is 23.2 Å². The molecule has 9 heteroatoms. The zero-order valence-electron chi connectivity index (χ0n) is 15.7. The van der Waals surface area contributed by atoms with E-state index in [0.717, 1.165) is 24.2 Å². The maximum atomic E-state index is 13.6. The molecule has 0 aliphatic carbocycles. The molecular weight excluding hydrogens is 415 g/mol. The fourth-order valence-electron chi connectivity index (χ4n) is 4.06. The van der Waals surface area contributed by atoms with Gasteiger partial charge < -0.3 is 15.3 Å². The van der Waals surface area contributed by atoms with Gasteiger partial charge in [-0.2, -0.15) is 5.10 Å². The molecule has 2 aliphatic heterocycles. The van der Waals surface area contributed by atoms with Crippen LogP contribution >= 0.6 is 23.2 Å². The van der Waals surface area contributed by atoms with E-state index in [1.807, 2.05) is 13.0 Å². The van der Waals surface area contributed by atoms with Crippen molar-refractivity contribution in [3.05, 3.63) is 57.3 Å². The molecule has 1 amide bonds. The number of likely N-dealkylation sites (tertiary alicyclic amines) is 1. The third-order valence-corrected chi connectivity index (χ3v) is 6.19. The summed E-state index contributed by atoms with van der Waals surface area (Å²) in [7, 11) is 0. The molecule has 2 unspecified atom stereocenters. The van der Waals surface area contributed by atoms with Crippen LogP contribution in [0.3, 0.4) is 0 Å². The second-order valence-electron chi connectivity index (χ2n) is 7.25. The number of carboxylic acid groups (broad SMARTS) is 1. The van der Waals surface area contributed by atoms with Crippen molar-refractivity contribution < 1.29 is 14.7 Å². The number of hydrogen-bond donors (Lipinski definition) is 2. The van der Waals surface area contributed by atoms with E-state index < -0.39 is 18.1 Å². The van der Waals surface area contributed by atoms with E-state index in [9.17, 15) is 14.7 Å². The van der Waals surface area contributed by atoms with E-state index in [-0.39, 0.29) is 5.91 Å². The third-order valence-electron chi connectivity index (χ3n) is 5.45. The maximum Gasteiger partial charge on any atom is 0.326 e. The number of fused-ring (bicyclic) bond motifs is 1. The molecule has 2 aliphatic rings.